The van der Waals surface area contributed by atoms with Crippen molar-refractivity contribution >= 4 is 39.9 Å². The highest BCUT2D eigenvalue weighted by Crippen LogP contribution is 2.29. The van der Waals surface area contributed by atoms with Crippen LogP contribution >= 0.6 is 22.9 Å². The van der Waals surface area contributed by atoms with E-state index in [0.717, 1.165) is 4.88 Å². The molecular formula is C20H16ClN7O4S. The summed E-state index contributed by atoms with van der Waals surface area (Å²) in [5.41, 5.74) is 1.19. The maximum absolute atomic E-state index is 12.9. The van der Waals surface area contributed by atoms with Crippen molar-refractivity contribution in [2.24, 2.45) is 7.05 Å². The first-order chi connectivity index (χ1) is 15.9. The third kappa shape index (κ3) is 3.94. The Labute approximate surface area is 194 Å². The molecule has 0 fully saturated rings. The summed E-state index contributed by atoms with van der Waals surface area (Å²) in [6.45, 7) is 1.97. The van der Waals surface area contributed by atoms with Gasteiger partial charge in [0.25, 0.3) is 11.5 Å². The van der Waals surface area contributed by atoms with Crippen LogP contribution in [-0.2, 0) is 20.1 Å². The number of rotatable bonds is 6. The molecular weight excluding hydrogens is 470 g/mol. The molecule has 33 heavy (non-hydrogen) atoms. The Kier molecular flexibility index (Phi) is 5.30. The average Bonchev–Trinajstić information content (AvgIpc) is 3.57. The van der Waals surface area contributed by atoms with Gasteiger partial charge in [-0.15, -0.1) is 16.4 Å². The van der Waals surface area contributed by atoms with Crippen molar-refractivity contribution in [3.8, 4) is 10.6 Å². The molecule has 0 atom stereocenters. The zero-order valence-corrected chi connectivity index (χ0v) is 19.0. The fourth-order valence-electron chi connectivity index (χ4n) is 3.37. The summed E-state index contributed by atoms with van der Waals surface area (Å²) in [6, 6.07) is 3.68. The number of nitrogens with zero attached hydrogens (tertiary/aromatic N) is 6. The van der Waals surface area contributed by atoms with Crippen LogP contribution in [0.5, 0.6) is 0 Å². The molecule has 0 spiro atoms. The number of nitrogens with one attached hydrogen (secondary N) is 1. The van der Waals surface area contributed by atoms with Crippen LogP contribution < -0.4 is 10.9 Å². The average molecular weight is 486 g/mol. The maximum Gasteiger partial charge on any atom is 0.265 e. The van der Waals surface area contributed by atoms with E-state index in [0.29, 0.717) is 33.8 Å². The summed E-state index contributed by atoms with van der Waals surface area (Å²) in [4.78, 5) is 34.6. The molecule has 5 aromatic heterocycles. The molecule has 168 valence electrons. The normalized spacial score (nSPS) is 11.4. The Morgan fingerprint density at radius 2 is 2.15 bits per heavy atom. The number of fused-ring (bicyclic) bond motifs is 1. The highest BCUT2D eigenvalue weighted by Gasteiger charge is 2.23. The lowest BCUT2D eigenvalue weighted by Crippen LogP contribution is -2.26. The third-order valence-corrected chi connectivity index (χ3v) is 6.24. The van der Waals surface area contributed by atoms with E-state index in [-0.39, 0.29) is 28.8 Å². The number of aryl methyl sites for hydroxylation is 2. The van der Waals surface area contributed by atoms with Crippen LogP contribution in [0.2, 0.25) is 4.34 Å². The molecule has 0 aromatic carbocycles. The van der Waals surface area contributed by atoms with Crippen LogP contribution in [-0.4, -0.2) is 35.4 Å². The van der Waals surface area contributed by atoms with E-state index in [1.807, 2.05) is 6.07 Å². The minimum absolute atomic E-state index is 0.0585. The van der Waals surface area contributed by atoms with Gasteiger partial charge in [0.15, 0.2) is 6.39 Å². The molecule has 0 aliphatic rings. The summed E-state index contributed by atoms with van der Waals surface area (Å²) in [5.74, 6) is 0.285. The van der Waals surface area contributed by atoms with Gasteiger partial charge in [0.1, 0.15) is 34.6 Å². The molecule has 0 aliphatic heterocycles. The SMILES string of the molecule is Cc1oc2ncn(C)c(=O)c2c1C(=O)NCc1ocnc1Cn1cc(-c2ccc(Cl)s2)nn1. The second kappa shape index (κ2) is 8.30. The van der Waals surface area contributed by atoms with Crippen molar-refractivity contribution in [3.63, 3.8) is 0 Å². The van der Waals surface area contributed by atoms with Crippen molar-refractivity contribution in [2.45, 2.75) is 20.0 Å². The molecule has 0 saturated carbocycles. The maximum atomic E-state index is 12.9. The van der Waals surface area contributed by atoms with Crippen molar-refractivity contribution < 1.29 is 13.6 Å². The lowest BCUT2D eigenvalue weighted by atomic mass is 10.1. The Balaban J connectivity index is 1.32. The van der Waals surface area contributed by atoms with Gasteiger partial charge in [0.05, 0.1) is 34.1 Å². The second-order valence-corrected chi connectivity index (χ2v) is 8.90. The first kappa shape index (κ1) is 21.1. The third-order valence-electron chi connectivity index (χ3n) is 4.99. The number of oxazole rings is 1. The van der Waals surface area contributed by atoms with Crippen LogP contribution in [0.25, 0.3) is 21.7 Å². The van der Waals surface area contributed by atoms with Crippen LogP contribution in [0.3, 0.4) is 0 Å². The number of hydrogen-bond donors (Lipinski definition) is 1. The number of carbonyl (C=O) groups excluding carboxylic acids is 1. The number of furan rings is 1. The first-order valence-electron chi connectivity index (χ1n) is 9.70. The molecule has 5 rings (SSSR count). The van der Waals surface area contributed by atoms with Gasteiger partial charge >= 0.3 is 0 Å². The Morgan fingerprint density at radius 3 is 2.94 bits per heavy atom. The molecule has 0 aliphatic carbocycles. The standard InChI is InChI=1S/C20H16ClN7O4S/c1-10-16(17-19(32-10)23-8-27(2)20(17)30)18(29)22-5-13-11(24-9-31-13)6-28-7-12(25-26-28)14-3-4-15(21)33-14/h3-4,7-9H,5-6H2,1-2H3,(H,22,29). The number of thiophene rings is 1. The molecule has 5 heterocycles. The van der Waals surface area contributed by atoms with Crippen LogP contribution in [0, 0.1) is 6.92 Å². The van der Waals surface area contributed by atoms with Gasteiger partial charge in [-0.25, -0.2) is 14.6 Å². The van der Waals surface area contributed by atoms with E-state index < -0.39 is 5.91 Å². The Hall–Kier alpha value is -3.77. The molecule has 11 nitrogen and oxygen atoms in total. The quantitative estimate of drug-likeness (QED) is 0.388. The Bertz CT molecular complexity index is 1540. The van der Waals surface area contributed by atoms with Crippen LogP contribution in [0.1, 0.15) is 27.6 Å². The highest BCUT2D eigenvalue weighted by atomic mass is 35.5. The molecule has 0 unspecified atom stereocenters. The molecule has 1 amide bonds. The number of halogens is 1. The van der Waals surface area contributed by atoms with Gasteiger partial charge in [-0.05, 0) is 19.1 Å². The zero-order valence-electron chi connectivity index (χ0n) is 17.4. The summed E-state index contributed by atoms with van der Waals surface area (Å²) in [7, 11) is 1.56. The van der Waals surface area contributed by atoms with Gasteiger partial charge in [0.2, 0.25) is 5.71 Å². The van der Waals surface area contributed by atoms with Gasteiger partial charge < -0.3 is 18.7 Å². The smallest absolute Gasteiger partial charge is 0.265 e. The van der Waals surface area contributed by atoms with Crippen molar-refractivity contribution in [1.82, 2.24) is 34.8 Å². The van der Waals surface area contributed by atoms with E-state index in [1.165, 1.54) is 28.6 Å². The monoisotopic (exact) mass is 485 g/mol. The number of aromatic nitrogens is 6. The predicted molar refractivity (Wildman–Crippen MR) is 119 cm³/mol. The van der Waals surface area contributed by atoms with Crippen LogP contribution in [0.15, 0.2) is 44.7 Å². The molecule has 0 radical (unpaired) electrons. The van der Waals surface area contributed by atoms with Crippen molar-refractivity contribution in [3.05, 3.63) is 68.5 Å². The largest absolute Gasteiger partial charge is 0.446 e. The van der Waals surface area contributed by atoms with E-state index in [4.69, 9.17) is 20.4 Å². The summed E-state index contributed by atoms with van der Waals surface area (Å²) in [5, 5.41) is 11.2. The fraction of sp³-hybridized carbons (Fsp3) is 0.200. The molecule has 5 aromatic rings. The molecule has 0 bridgehead atoms. The van der Waals surface area contributed by atoms with Crippen molar-refractivity contribution in [1.29, 1.82) is 0 Å². The van der Waals surface area contributed by atoms with Gasteiger partial charge in [-0.2, -0.15) is 0 Å². The van der Waals surface area contributed by atoms with E-state index in [9.17, 15) is 9.59 Å². The molecule has 13 heteroatoms. The van der Waals surface area contributed by atoms with Crippen molar-refractivity contribution in [2.75, 3.05) is 0 Å². The number of carbonyl (C=O) groups is 1. The topological polar surface area (TPSA) is 134 Å². The second-order valence-electron chi connectivity index (χ2n) is 7.18. The lowest BCUT2D eigenvalue weighted by molar-refractivity contribution is 0.0947. The van der Waals surface area contributed by atoms with E-state index in [1.54, 1.807) is 30.9 Å². The van der Waals surface area contributed by atoms with Gasteiger partial charge in [0, 0.05) is 7.05 Å². The minimum atomic E-state index is -0.476. The zero-order chi connectivity index (χ0) is 23.1. The molecule has 0 saturated heterocycles. The van der Waals surface area contributed by atoms with Gasteiger partial charge in [-0.3, -0.25) is 9.59 Å². The van der Waals surface area contributed by atoms with Gasteiger partial charge in [-0.1, -0.05) is 16.8 Å². The minimum Gasteiger partial charge on any atom is -0.446 e. The summed E-state index contributed by atoms with van der Waals surface area (Å²) < 4.78 is 14.5. The first-order valence-corrected chi connectivity index (χ1v) is 10.9. The summed E-state index contributed by atoms with van der Waals surface area (Å²) in [6.07, 6.45) is 4.42. The molecule has 1 N–H and O–H groups in total. The number of hydrogen-bond acceptors (Lipinski definition) is 9. The van der Waals surface area contributed by atoms with E-state index in [2.05, 4.69) is 25.6 Å². The Morgan fingerprint density at radius 1 is 1.30 bits per heavy atom. The van der Waals surface area contributed by atoms with Crippen LogP contribution in [0.4, 0.5) is 0 Å². The lowest BCUT2D eigenvalue weighted by Gasteiger charge is -2.05. The summed E-state index contributed by atoms with van der Waals surface area (Å²) >= 11 is 7.40. The van der Waals surface area contributed by atoms with E-state index >= 15 is 0 Å². The number of amides is 1. The predicted octanol–water partition coefficient (Wildman–Crippen LogP) is 2.77. The fourth-order valence-corrected chi connectivity index (χ4v) is 4.36. The highest BCUT2D eigenvalue weighted by molar-refractivity contribution is 7.19.